The van der Waals surface area contributed by atoms with Crippen LogP contribution in [0.2, 0.25) is 0 Å². The molecule has 252 valence electrons. The van der Waals surface area contributed by atoms with Gasteiger partial charge in [-0.2, -0.15) is 0 Å². The van der Waals surface area contributed by atoms with Gasteiger partial charge in [0.2, 0.25) is 0 Å². The van der Waals surface area contributed by atoms with Crippen LogP contribution in [0, 0.1) is 0 Å². The first-order valence-corrected chi connectivity index (χ1v) is 18.3. The predicted octanol–water partition coefficient (Wildman–Crippen LogP) is 10.7. The molecule has 0 bridgehead atoms. The number of rotatable bonds is 32. The minimum atomic E-state index is -0.970. The number of carboxylic acids is 1. The highest BCUT2D eigenvalue weighted by atomic mass is 16.4. The molecule has 0 aromatic rings. The summed E-state index contributed by atoms with van der Waals surface area (Å²) in [6, 6.07) is 0. The van der Waals surface area contributed by atoms with Crippen molar-refractivity contribution in [3.63, 3.8) is 0 Å². The second-order valence-corrected chi connectivity index (χ2v) is 12.4. The van der Waals surface area contributed by atoms with Crippen LogP contribution in [0.4, 0.5) is 0 Å². The van der Waals surface area contributed by atoms with Crippen LogP contribution in [0.5, 0.6) is 0 Å². The number of hydrogen-bond acceptors (Lipinski definition) is 4. The monoisotopic (exact) mass is 599 g/mol. The van der Waals surface area contributed by atoms with E-state index < -0.39 is 18.2 Å². The normalized spacial score (nSPS) is 12.8. The van der Waals surface area contributed by atoms with Crippen molar-refractivity contribution in [1.29, 1.82) is 0 Å². The summed E-state index contributed by atoms with van der Waals surface area (Å²) in [6.07, 6.45) is 38.5. The van der Waals surface area contributed by atoms with Gasteiger partial charge in [0.05, 0.1) is 12.7 Å². The lowest BCUT2D eigenvalue weighted by Gasteiger charge is -2.14. The zero-order valence-corrected chi connectivity index (χ0v) is 28.2. The molecule has 0 aromatic heterocycles. The van der Waals surface area contributed by atoms with Gasteiger partial charge in [0.15, 0.2) is 0 Å². The number of unbranched alkanes of at least 4 members (excludes halogenated alkanes) is 24. The molecule has 2 unspecified atom stereocenters. The third-order valence-electron chi connectivity index (χ3n) is 8.14. The topological polar surface area (TPSA) is 98.0 Å². The molecule has 0 spiro atoms. The fourth-order valence-electron chi connectivity index (χ4n) is 5.21. The SMILES string of the molecule is CCCCCCCCC=CCCCCCCCC(=O)O.CCCCCCCCCCCCCCCCC(O)C(O)CO. The van der Waals surface area contributed by atoms with Gasteiger partial charge in [-0.1, -0.05) is 167 Å². The summed E-state index contributed by atoms with van der Waals surface area (Å²) in [7, 11) is 0. The van der Waals surface area contributed by atoms with E-state index >= 15 is 0 Å². The van der Waals surface area contributed by atoms with Crippen molar-refractivity contribution < 1.29 is 25.2 Å². The molecule has 0 radical (unpaired) electrons. The average molecular weight is 599 g/mol. The van der Waals surface area contributed by atoms with Crippen LogP contribution >= 0.6 is 0 Å². The van der Waals surface area contributed by atoms with Crippen LogP contribution in [-0.2, 0) is 4.79 Å². The predicted molar refractivity (Wildman–Crippen MR) is 181 cm³/mol. The lowest BCUT2D eigenvalue weighted by atomic mass is 10.0. The van der Waals surface area contributed by atoms with Crippen molar-refractivity contribution in [3.8, 4) is 0 Å². The lowest BCUT2D eigenvalue weighted by Crippen LogP contribution is -2.28. The molecule has 5 nitrogen and oxygen atoms in total. The van der Waals surface area contributed by atoms with Gasteiger partial charge in [-0.25, -0.2) is 0 Å². The minimum Gasteiger partial charge on any atom is -0.481 e. The highest BCUT2D eigenvalue weighted by molar-refractivity contribution is 5.66. The molecule has 5 heteroatoms. The molecule has 0 aliphatic carbocycles. The first kappa shape index (κ1) is 43.2. The van der Waals surface area contributed by atoms with Crippen LogP contribution in [0.3, 0.4) is 0 Å². The van der Waals surface area contributed by atoms with E-state index in [1.165, 1.54) is 148 Å². The first-order chi connectivity index (χ1) is 20.5. The average Bonchev–Trinajstić information content (AvgIpc) is 2.98. The molecule has 0 saturated carbocycles. The van der Waals surface area contributed by atoms with Gasteiger partial charge >= 0.3 is 5.97 Å². The second-order valence-electron chi connectivity index (χ2n) is 12.4. The van der Waals surface area contributed by atoms with E-state index in [0.29, 0.717) is 12.8 Å². The molecule has 2 atom stereocenters. The van der Waals surface area contributed by atoms with Crippen molar-refractivity contribution >= 4 is 5.97 Å². The Morgan fingerprint density at radius 3 is 1.19 bits per heavy atom. The molecule has 4 N–H and O–H groups in total. The van der Waals surface area contributed by atoms with Gasteiger partial charge in [0.25, 0.3) is 0 Å². The van der Waals surface area contributed by atoms with E-state index in [9.17, 15) is 15.0 Å². The van der Waals surface area contributed by atoms with Gasteiger partial charge in [0.1, 0.15) is 6.10 Å². The summed E-state index contributed by atoms with van der Waals surface area (Å²) < 4.78 is 0. The third kappa shape index (κ3) is 39.1. The first-order valence-electron chi connectivity index (χ1n) is 18.3. The summed E-state index contributed by atoms with van der Waals surface area (Å²) >= 11 is 0. The van der Waals surface area contributed by atoms with Crippen molar-refractivity contribution in [3.05, 3.63) is 12.2 Å². The largest absolute Gasteiger partial charge is 0.481 e. The summed E-state index contributed by atoms with van der Waals surface area (Å²) in [5, 5.41) is 35.9. The molecule has 0 fully saturated rings. The van der Waals surface area contributed by atoms with Gasteiger partial charge < -0.3 is 20.4 Å². The number of aliphatic hydroxyl groups excluding tert-OH is 3. The molecular formula is C37H74O5. The number of aliphatic hydroxyl groups is 3. The van der Waals surface area contributed by atoms with Crippen LogP contribution in [0.15, 0.2) is 12.2 Å². The zero-order valence-electron chi connectivity index (χ0n) is 28.2. The van der Waals surface area contributed by atoms with E-state index in [4.69, 9.17) is 10.2 Å². The molecule has 0 saturated heterocycles. The van der Waals surface area contributed by atoms with E-state index in [2.05, 4.69) is 26.0 Å². The maximum Gasteiger partial charge on any atom is 0.303 e. The molecule has 0 heterocycles. The van der Waals surface area contributed by atoms with Gasteiger partial charge in [0, 0.05) is 6.42 Å². The third-order valence-corrected chi connectivity index (χ3v) is 8.14. The highest BCUT2D eigenvalue weighted by Crippen LogP contribution is 2.14. The van der Waals surface area contributed by atoms with E-state index in [0.717, 1.165) is 25.7 Å². The number of hydrogen-bond donors (Lipinski definition) is 4. The van der Waals surface area contributed by atoms with E-state index in [1.807, 2.05) is 0 Å². The van der Waals surface area contributed by atoms with Crippen molar-refractivity contribution in [1.82, 2.24) is 0 Å². The fraction of sp³-hybridized carbons (Fsp3) is 0.919. The summed E-state index contributed by atoms with van der Waals surface area (Å²) in [5.74, 6) is -0.664. The molecule has 0 aromatic carbocycles. The Balaban J connectivity index is 0. The molecule has 0 rings (SSSR count). The summed E-state index contributed by atoms with van der Waals surface area (Å²) in [5.41, 5.74) is 0. The zero-order chi connectivity index (χ0) is 31.4. The molecular weight excluding hydrogens is 524 g/mol. The van der Waals surface area contributed by atoms with Crippen molar-refractivity contribution in [2.24, 2.45) is 0 Å². The Hall–Kier alpha value is -0.910. The Kier molecular flexibility index (Phi) is 39.2. The van der Waals surface area contributed by atoms with Crippen LogP contribution < -0.4 is 0 Å². The number of carboxylic acid groups (broad SMARTS) is 1. The number of carbonyl (C=O) groups is 1. The van der Waals surface area contributed by atoms with Crippen LogP contribution in [0.25, 0.3) is 0 Å². The number of allylic oxidation sites excluding steroid dienone is 2. The standard InChI is InChI=1S/C19H40O3.C18H34O2/c1-2-3-4-5-6-7-8-9-10-11-12-13-14-15-16-18(21)19(22)17-20;1-2-3-4-5-6-7-8-9-10-11-12-13-14-15-16-17-18(19)20/h18-22H,2-17H2,1H3;9-10H,2-8,11-17H2,1H3,(H,19,20). The maximum atomic E-state index is 10.3. The highest BCUT2D eigenvalue weighted by Gasteiger charge is 2.13. The minimum absolute atomic E-state index is 0.332. The Labute approximate surface area is 262 Å². The summed E-state index contributed by atoms with van der Waals surface area (Å²) in [4.78, 5) is 10.3. The van der Waals surface area contributed by atoms with Crippen molar-refractivity contribution in [2.45, 2.75) is 212 Å². The molecule has 0 aliphatic rings. The molecule has 42 heavy (non-hydrogen) atoms. The smallest absolute Gasteiger partial charge is 0.303 e. The maximum absolute atomic E-state index is 10.3. The Morgan fingerprint density at radius 2 is 0.833 bits per heavy atom. The second kappa shape index (κ2) is 38.1. The quantitative estimate of drug-likeness (QED) is 0.0456. The molecule has 0 amide bonds. The molecule has 0 aliphatic heterocycles. The number of aliphatic carboxylic acids is 1. The fourth-order valence-corrected chi connectivity index (χ4v) is 5.21. The van der Waals surface area contributed by atoms with Crippen LogP contribution in [-0.4, -0.2) is 45.2 Å². The Morgan fingerprint density at radius 1 is 0.500 bits per heavy atom. The van der Waals surface area contributed by atoms with E-state index in [1.54, 1.807) is 0 Å². The summed E-state index contributed by atoms with van der Waals surface area (Å²) in [6.45, 7) is 4.18. The van der Waals surface area contributed by atoms with Gasteiger partial charge in [-0.15, -0.1) is 0 Å². The van der Waals surface area contributed by atoms with Crippen molar-refractivity contribution in [2.75, 3.05) is 6.61 Å². The Bertz CT molecular complexity index is 536. The van der Waals surface area contributed by atoms with Crippen LogP contribution in [0.1, 0.15) is 200 Å². The van der Waals surface area contributed by atoms with Gasteiger partial charge in [-0.3, -0.25) is 4.79 Å². The lowest BCUT2D eigenvalue weighted by molar-refractivity contribution is -0.137. The van der Waals surface area contributed by atoms with E-state index in [-0.39, 0.29) is 6.61 Å². The van der Waals surface area contributed by atoms with Gasteiger partial charge in [-0.05, 0) is 38.5 Å².